The summed E-state index contributed by atoms with van der Waals surface area (Å²) in [5.74, 6) is -0.0256. The zero-order valence-corrected chi connectivity index (χ0v) is 10.3. The second kappa shape index (κ2) is 4.71. The van der Waals surface area contributed by atoms with E-state index in [-0.39, 0.29) is 5.92 Å². The molecule has 16 heavy (non-hydrogen) atoms. The van der Waals surface area contributed by atoms with E-state index in [0.717, 1.165) is 11.8 Å². The van der Waals surface area contributed by atoms with Gasteiger partial charge >= 0.3 is 0 Å². The summed E-state index contributed by atoms with van der Waals surface area (Å²) in [6.07, 6.45) is 3.05. The summed E-state index contributed by atoms with van der Waals surface area (Å²) in [4.78, 5) is 12.0. The van der Waals surface area contributed by atoms with Crippen molar-refractivity contribution in [3.63, 3.8) is 0 Å². The summed E-state index contributed by atoms with van der Waals surface area (Å²) in [6.45, 7) is 1.92. The topological polar surface area (TPSA) is 17.1 Å². The Kier molecular flexibility index (Phi) is 3.30. The van der Waals surface area contributed by atoms with Crippen molar-refractivity contribution in [1.29, 1.82) is 0 Å². The van der Waals surface area contributed by atoms with Gasteiger partial charge in [-0.1, -0.05) is 31.2 Å². The molecular formula is C14H14OS. The fraction of sp³-hybridized carbons (Fsp3) is 0.214. The lowest BCUT2D eigenvalue weighted by atomic mass is 9.99. The monoisotopic (exact) mass is 230 g/mol. The molecule has 0 aliphatic carbocycles. The van der Waals surface area contributed by atoms with Crippen molar-refractivity contribution in [2.45, 2.75) is 17.7 Å². The number of thioether (sulfide) groups is 1. The van der Waals surface area contributed by atoms with E-state index in [4.69, 9.17) is 0 Å². The standard InChI is InChI=1S/C14H14OS/c1-10(9-15)12-4-3-11-5-6-14(16-2)8-13(11)7-12/h3-10H,1-2H3. The van der Waals surface area contributed by atoms with Crippen LogP contribution >= 0.6 is 11.8 Å². The van der Waals surface area contributed by atoms with Crippen molar-refractivity contribution in [1.82, 2.24) is 0 Å². The fourth-order valence-corrected chi connectivity index (χ4v) is 2.18. The summed E-state index contributed by atoms with van der Waals surface area (Å²) in [6, 6.07) is 12.6. The Morgan fingerprint density at radius 3 is 2.56 bits per heavy atom. The Balaban J connectivity index is 2.54. The molecule has 0 bridgehead atoms. The van der Waals surface area contributed by atoms with Crippen molar-refractivity contribution in [3.8, 4) is 0 Å². The summed E-state index contributed by atoms with van der Waals surface area (Å²) in [5.41, 5.74) is 1.08. The minimum Gasteiger partial charge on any atom is -0.303 e. The van der Waals surface area contributed by atoms with Gasteiger partial charge < -0.3 is 4.79 Å². The summed E-state index contributed by atoms with van der Waals surface area (Å²) in [5, 5.41) is 2.43. The number of carbonyl (C=O) groups excluding carboxylic acids is 1. The Labute approximate surface area is 99.9 Å². The van der Waals surface area contributed by atoms with Crippen LogP contribution in [0.2, 0.25) is 0 Å². The van der Waals surface area contributed by atoms with Crippen LogP contribution in [0.25, 0.3) is 10.8 Å². The van der Waals surface area contributed by atoms with Crippen molar-refractivity contribution >= 4 is 28.8 Å². The number of hydrogen-bond donors (Lipinski definition) is 0. The van der Waals surface area contributed by atoms with E-state index in [1.807, 2.05) is 13.0 Å². The zero-order valence-electron chi connectivity index (χ0n) is 9.44. The summed E-state index contributed by atoms with van der Waals surface area (Å²) < 4.78 is 0. The molecule has 1 unspecified atom stereocenters. The first-order chi connectivity index (χ1) is 7.74. The Hall–Kier alpha value is -1.28. The predicted molar refractivity (Wildman–Crippen MR) is 70.2 cm³/mol. The number of aldehydes is 1. The smallest absolute Gasteiger partial charge is 0.127 e. The molecule has 0 N–H and O–H groups in total. The third kappa shape index (κ3) is 2.12. The minimum atomic E-state index is -0.0256. The van der Waals surface area contributed by atoms with Crippen LogP contribution in [0.3, 0.4) is 0 Å². The van der Waals surface area contributed by atoms with E-state index in [9.17, 15) is 4.79 Å². The number of fused-ring (bicyclic) bond motifs is 1. The van der Waals surface area contributed by atoms with Gasteiger partial charge in [0.25, 0.3) is 0 Å². The van der Waals surface area contributed by atoms with Crippen molar-refractivity contribution in [2.24, 2.45) is 0 Å². The Bertz CT molecular complexity index is 519. The number of carbonyl (C=O) groups is 1. The van der Waals surface area contributed by atoms with Gasteiger partial charge in [-0.2, -0.15) is 0 Å². The van der Waals surface area contributed by atoms with Gasteiger partial charge in [0.05, 0.1) is 0 Å². The van der Waals surface area contributed by atoms with Crippen LogP contribution in [0, 0.1) is 0 Å². The Morgan fingerprint density at radius 1 is 1.12 bits per heavy atom. The van der Waals surface area contributed by atoms with Gasteiger partial charge in [-0.25, -0.2) is 0 Å². The molecular weight excluding hydrogens is 216 g/mol. The quantitative estimate of drug-likeness (QED) is 0.588. The molecule has 1 atom stereocenters. The first-order valence-electron chi connectivity index (χ1n) is 5.27. The lowest BCUT2D eigenvalue weighted by Crippen LogP contribution is -1.93. The molecule has 0 saturated heterocycles. The van der Waals surface area contributed by atoms with Gasteiger partial charge in [0, 0.05) is 10.8 Å². The summed E-state index contributed by atoms with van der Waals surface area (Å²) >= 11 is 1.73. The lowest BCUT2D eigenvalue weighted by molar-refractivity contribution is -0.108. The first kappa shape index (κ1) is 11.2. The maximum Gasteiger partial charge on any atom is 0.127 e. The van der Waals surface area contributed by atoms with Crippen molar-refractivity contribution in [3.05, 3.63) is 42.0 Å². The maximum atomic E-state index is 10.8. The van der Waals surface area contributed by atoms with Gasteiger partial charge in [-0.3, -0.25) is 0 Å². The molecule has 0 fully saturated rings. The first-order valence-corrected chi connectivity index (χ1v) is 6.50. The molecule has 0 aromatic heterocycles. The molecule has 1 nitrogen and oxygen atoms in total. The molecule has 2 rings (SSSR count). The molecule has 0 heterocycles. The van der Waals surface area contributed by atoms with E-state index in [1.54, 1.807) is 11.8 Å². The highest BCUT2D eigenvalue weighted by molar-refractivity contribution is 7.98. The molecule has 0 radical (unpaired) electrons. The molecule has 0 aliphatic heterocycles. The van der Waals surface area contributed by atoms with Crippen molar-refractivity contribution < 1.29 is 4.79 Å². The van der Waals surface area contributed by atoms with Crippen LogP contribution in [-0.2, 0) is 4.79 Å². The fourth-order valence-electron chi connectivity index (χ4n) is 1.73. The largest absolute Gasteiger partial charge is 0.303 e. The third-order valence-electron chi connectivity index (χ3n) is 2.80. The second-order valence-electron chi connectivity index (χ2n) is 3.90. The minimum absolute atomic E-state index is 0.0256. The van der Waals surface area contributed by atoms with Gasteiger partial charge in [-0.15, -0.1) is 11.8 Å². The van der Waals surface area contributed by atoms with E-state index in [0.29, 0.717) is 0 Å². The number of hydrogen-bond acceptors (Lipinski definition) is 2. The van der Waals surface area contributed by atoms with Crippen LogP contribution in [0.15, 0.2) is 41.3 Å². The summed E-state index contributed by atoms with van der Waals surface area (Å²) in [7, 11) is 0. The van der Waals surface area contributed by atoms with Crippen molar-refractivity contribution in [2.75, 3.05) is 6.26 Å². The zero-order chi connectivity index (χ0) is 11.5. The molecule has 2 aromatic carbocycles. The van der Waals surface area contributed by atoms with Gasteiger partial charge in [0.2, 0.25) is 0 Å². The van der Waals surface area contributed by atoms with Gasteiger partial charge in [0.15, 0.2) is 0 Å². The number of benzene rings is 2. The lowest BCUT2D eigenvalue weighted by Gasteiger charge is -2.07. The molecule has 0 amide bonds. The maximum absolute atomic E-state index is 10.8. The van der Waals surface area contributed by atoms with Crippen LogP contribution < -0.4 is 0 Å². The molecule has 2 aromatic rings. The number of rotatable bonds is 3. The Morgan fingerprint density at radius 2 is 1.88 bits per heavy atom. The highest BCUT2D eigenvalue weighted by atomic mass is 32.2. The van der Waals surface area contributed by atoms with Crippen LogP contribution in [0.5, 0.6) is 0 Å². The van der Waals surface area contributed by atoms with E-state index in [2.05, 4.69) is 36.6 Å². The average Bonchev–Trinajstić information content (AvgIpc) is 2.36. The highest BCUT2D eigenvalue weighted by Gasteiger charge is 2.04. The van der Waals surface area contributed by atoms with Gasteiger partial charge in [0.1, 0.15) is 6.29 Å². The normalized spacial score (nSPS) is 12.6. The van der Waals surface area contributed by atoms with Crippen LogP contribution in [-0.4, -0.2) is 12.5 Å². The van der Waals surface area contributed by atoms with E-state index < -0.39 is 0 Å². The third-order valence-corrected chi connectivity index (χ3v) is 3.53. The second-order valence-corrected chi connectivity index (χ2v) is 4.78. The van der Waals surface area contributed by atoms with Crippen LogP contribution in [0.4, 0.5) is 0 Å². The predicted octanol–water partition coefficient (Wildman–Crippen LogP) is 3.86. The molecule has 0 spiro atoms. The SMILES string of the molecule is CSc1ccc2ccc(C(C)C=O)cc2c1. The molecule has 2 heteroatoms. The highest BCUT2D eigenvalue weighted by Crippen LogP contribution is 2.25. The molecule has 0 saturated carbocycles. The van der Waals surface area contributed by atoms with E-state index >= 15 is 0 Å². The molecule has 0 aliphatic rings. The van der Waals surface area contributed by atoms with E-state index in [1.165, 1.54) is 15.7 Å². The molecule has 82 valence electrons. The van der Waals surface area contributed by atoms with Gasteiger partial charge in [-0.05, 0) is 34.7 Å². The van der Waals surface area contributed by atoms with Crippen LogP contribution in [0.1, 0.15) is 18.4 Å². The average molecular weight is 230 g/mol.